The Bertz CT molecular complexity index is 412. The average Bonchev–Trinajstić information content (AvgIpc) is 2.44. The minimum absolute atomic E-state index is 0.727. The van der Waals surface area contributed by atoms with Crippen LogP contribution >= 0.6 is 0 Å². The van der Waals surface area contributed by atoms with E-state index in [1.165, 1.54) is 6.21 Å². The molecular formula is C14H16N2. The van der Waals surface area contributed by atoms with Crippen molar-refractivity contribution in [2.75, 3.05) is 0 Å². The van der Waals surface area contributed by atoms with Crippen molar-refractivity contribution in [2.45, 2.75) is 26.2 Å². The molecule has 0 atom stereocenters. The van der Waals surface area contributed by atoms with Crippen molar-refractivity contribution in [3.63, 3.8) is 0 Å². The largest absolute Gasteiger partial charge is 0.307 e. The predicted molar refractivity (Wildman–Crippen MR) is 69.9 cm³/mol. The number of rotatable bonds is 1. The highest BCUT2D eigenvalue weighted by molar-refractivity contribution is 6.02. The van der Waals surface area contributed by atoms with Crippen LogP contribution in [0.4, 0.5) is 0 Å². The van der Waals surface area contributed by atoms with Crippen molar-refractivity contribution in [3.05, 3.63) is 36.1 Å². The van der Waals surface area contributed by atoms with Crippen molar-refractivity contribution in [3.8, 4) is 11.8 Å². The Hall–Kier alpha value is -1.88. The van der Waals surface area contributed by atoms with Crippen molar-refractivity contribution >= 4 is 11.9 Å². The number of aliphatic imine (C=N–C) groups is 1. The maximum absolute atomic E-state index is 7.13. The number of nitrogens with zero attached hydrogens (tertiary/aromatic N) is 1. The van der Waals surface area contributed by atoms with Gasteiger partial charge >= 0.3 is 0 Å². The Balaban J connectivity index is 2.78. The molecule has 2 nitrogen and oxygen atoms in total. The molecule has 0 fully saturated rings. The molecule has 0 aromatic carbocycles. The van der Waals surface area contributed by atoms with E-state index in [9.17, 15) is 0 Å². The topological polar surface area (TPSA) is 36.2 Å². The van der Waals surface area contributed by atoms with Crippen LogP contribution in [0.2, 0.25) is 0 Å². The highest BCUT2D eigenvalue weighted by atomic mass is 14.7. The van der Waals surface area contributed by atoms with Crippen molar-refractivity contribution in [2.24, 2.45) is 4.99 Å². The molecular weight excluding hydrogens is 196 g/mol. The van der Waals surface area contributed by atoms with Gasteiger partial charge in [-0.25, -0.2) is 0 Å². The van der Waals surface area contributed by atoms with Crippen LogP contribution in [0.1, 0.15) is 26.2 Å². The maximum atomic E-state index is 7.13. The SMILES string of the molecule is C/C=C(\C#CC1=N/C=C\C=C/CCC1)C=N. The van der Waals surface area contributed by atoms with E-state index < -0.39 is 0 Å². The van der Waals surface area contributed by atoms with E-state index in [4.69, 9.17) is 5.41 Å². The van der Waals surface area contributed by atoms with Crippen molar-refractivity contribution < 1.29 is 0 Å². The molecule has 16 heavy (non-hydrogen) atoms. The molecule has 0 radical (unpaired) electrons. The van der Waals surface area contributed by atoms with E-state index in [0.717, 1.165) is 30.5 Å². The molecule has 0 aromatic heterocycles. The Morgan fingerprint density at radius 3 is 3.12 bits per heavy atom. The first kappa shape index (κ1) is 12.2. The van der Waals surface area contributed by atoms with Gasteiger partial charge in [0.15, 0.2) is 0 Å². The van der Waals surface area contributed by atoms with Gasteiger partial charge in [0, 0.05) is 18.0 Å². The van der Waals surface area contributed by atoms with Crippen LogP contribution < -0.4 is 0 Å². The van der Waals surface area contributed by atoms with Gasteiger partial charge in [0.2, 0.25) is 0 Å². The Morgan fingerprint density at radius 1 is 1.50 bits per heavy atom. The zero-order valence-corrected chi connectivity index (χ0v) is 9.53. The average molecular weight is 212 g/mol. The summed E-state index contributed by atoms with van der Waals surface area (Å²) in [6, 6.07) is 0. The zero-order chi connectivity index (χ0) is 11.6. The van der Waals surface area contributed by atoms with Crippen molar-refractivity contribution in [1.82, 2.24) is 0 Å². The summed E-state index contributed by atoms with van der Waals surface area (Å²) < 4.78 is 0. The van der Waals surface area contributed by atoms with Gasteiger partial charge in [0.25, 0.3) is 0 Å². The lowest BCUT2D eigenvalue weighted by Gasteiger charge is -1.94. The fraction of sp³-hybridized carbons (Fsp3) is 0.286. The third kappa shape index (κ3) is 4.56. The maximum Gasteiger partial charge on any atom is 0.0902 e. The molecule has 0 saturated heterocycles. The Morgan fingerprint density at radius 2 is 2.38 bits per heavy atom. The molecule has 1 heterocycles. The quantitative estimate of drug-likeness (QED) is 0.511. The van der Waals surface area contributed by atoms with Crippen LogP contribution in [0.15, 0.2) is 41.1 Å². The minimum atomic E-state index is 0.727. The zero-order valence-electron chi connectivity index (χ0n) is 9.53. The van der Waals surface area contributed by atoms with Crippen LogP contribution in [0.3, 0.4) is 0 Å². The third-order valence-electron chi connectivity index (χ3n) is 2.17. The molecule has 82 valence electrons. The molecule has 0 amide bonds. The van der Waals surface area contributed by atoms with Gasteiger partial charge in [-0.1, -0.05) is 24.1 Å². The predicted octanol–water partition coefficient (Wildman–Crippen LogP) is 3.28. The first-order valence-electron chi connectivity index (χ1n) is 5.44. The highest BCUT2D eigenvalue weighted by Crippen LogP contribution is 2.02. The van der Waals surface area contributed by atoms with Crippen LogP contribution in [0.25, 0.3) is 0 Å². The number of nitrogens with one attached hydrogen (secondary N) is 1. The number of hydrogen-bond acceptors (Lipinski definition) is 2. The molecule has 1 aliphatic heterocycles. The molecule has 0 aromatic rings. The molecule has 0 unspecified atom stereocenters. The highest BCUT2D eigenvalue weighted by Gasteiger charge is 1.94. The molecule has 1 N–H and O–H groups in total. The summed E-state index contributed by atoms with van der Waals surface area (Å²) in [7, 11) is 0. The third-order valence-corrected chi connectivity index (χ3v) is 2.17. The first-order chi connectivity index (χ1) is 7.86. The van der Waals surface area contributed by atoms with Crippen LogP contribution in [-0.2, 0) is 0 Å². The van der Waals surface area contributed by atoms with Gasteiger partial charge in [-0.3, -0.25) is 4.99 Å². The summed E-state index contributed by atoms with van der Waals surface area (Å²) in [5, 5.41) is 7.13. The molecule has 0 bridgehead atoms. The van der Waals surface area contributed by atoms with E-state index in [1.54, 1.807) is 6.20 Å². The monoisotopic (exact) mass is 212 g/mol. The van der Waals surface area contributed by atoms with Gasteiger partial charge in [-0.15, -0.1) is 0 Å². The molecule has 0 saturated carbocycles. The summed E-state index contributed by atoms with van der Waals surface area (Å²) in [4.78, 5) is 4.29. The standard InChI is InChI=1S/C14H16N2/c1-2-13(12-15)9-10-14-8-6-4-3-5-7-11-16-14/h2-3,5,7,11-12,15H,4,6,8H2,1H3/b5-3-,11-7-,13-2+,15-12?,16-14?. The summed E-state index contributed by atoms with van der Waals surface area (Å²) in [5.41, 5.74) is 1.62. The van der Waals surface area contributed by atoms with Gasteiger partial charge in [0.05, 0.1) is 5.71 Å². The molecule has 0 spiro atoms. The Kier molecular flexibility index (Phi) is 5.65. The van der Waals surface area contributed by atoms with E-state index in [2.05, 4.69) is 22.9 Å². The second-order valence-electron chi connectivity index (χ2n) is 3.38. The summed E-state index contributed by atoms with van der Waals surface area (Å²) in [6.45, 7) is 1.88. The number of hydrogen-bond donors (Lipinski definition) is 1. The lowest BCUT2D eigenvalue weighted by atomic mass is 10.1. The molecule has 2 heteroatoms. The minimum Gasteiger partial charge on any atom is -0.307 e. The number of allylic oxidation sites excluding steroid dienone is 5. The lowest BCUT2D eigenvalue weighted by molar-refractivity contribution is 0.898. The van der Waals surface area contributed by atoms with E-state index in [1.807, 2.05) is 25.2 Å². The fourth-order valence-electron chi connectivity index (χ4n) is 1.24. The Labute approximate surface area is 97.0 Å². The van der Waals surface area contributed by atoms with E-state index in [-0.39, 0.29) is 0 Å². The lowest BCUT2D eigenvalue weighted by Crippen LogP contribution is -1.93. The fourth-order valence-corrected chi connectivity index (χ4v) is 1.24. The molecule has 1 rings (SSSR count). The van der Waals surface area contributed by atoms with Crippen LogP contribution in [0, 0.1) is 17.3 Å². The summed E-state index contributed by atoms with van der Waals surface area (Å²) in [5.74, 6) is 5.96. The van der Waals surface area contributed by atoms with Gasteiger partial charge in [0.1, 0.15) is 0 Å². The van der Waals surface area contributed by atoms with E-state index in [0.29, 0.717) is 0 Å². The van der Waals surface area contributed by atoms with Gasteiger partial charge < -0.3 is 5.41 Å². The second kappa shape index (κ2) is 7.42. The van der Waals surface area contributed by atoms with Crippen LogP contribution in [-0.4, -0.2) is 11.9 Å². The van der Waals surface area contributed by atoms with Crippen LogP contribution in [0.5, 0.6) is 0 Å². The first-order valence-corrected chi connectivity index (χ1v) is 5.44. The molecule has 0 aliphatic carbocycles. The van der Waals surface area contributed by atoms with E-state index >= 15 is 0 Å². The van der Waals surface area contributed by atoms with Gasteiger partial charge in [-0.2, -0.15) is 0 Å². The summed E-state index contributed by atoms with van der Waals surface area (Å²) >= 11 is 0. The van der Waals surface area contributed by atoms with Gasteiger partial charge in [-0.05, 0) is 38.2 Å². The second-order valence-corrected chi connectivity index (χ2v) is 3.38. The normalized spacial score (nSPS) is 20.3. The summed E-state index contributed by atoms with van der Waals surface area (Å²) in [6.07, 6.45) is 14.0. The van der Waals surface area contributed by atoms with Crippen molar-refractivity contribution in [1.29, 1.82) is 5.41 Å². The molecule has 1 aliphatic rings. The smallest absolute Gasteiger partial charge is 0.0902 e.